The van der Waals surface area contributed by atoms with Gasteiger partial charge in [0.15, 0.2) is 0 Å². The first-order valence-electron chi connectivity index (χ1n) is 8.58. The minimum absolute atomic E-state index is 0.0857. The van der Waals surface area contributed by atoms with Crippen LogP contribution >= 0.6 is 11.6 Å². The summed E-state index contributed by atoms with van der Waals surface area (Å²) in [5.41, 5.74) is 1.61. The van der Waals surface area contributed by atoms with Crippen molar-refractivity contribution in [2.24, 2.45) is 5.92 Å². The number of halogens is 2. The van der Waals surface area contributed by atoms with Crippen LogP contribution in [0.25, 0.3) is 6.08 Å². The van der Waals surface area contributed by atoms with Crippen molar-refractivity contribution in [1.29, 1.82) is 0 Å². The molecule has 0 saturated carbocycles. The van der Waals surface area contributed by atoms with Gasteiger partial charge in [-0.15, -0.1) is 0 Å². The second-order valence-electron chi connectivity index (χ2n) is 6.43. The standard InChI is InChI=1S/C21H21ClFNO/c22-19-7-4-8-20(23)18(19)9-10-21(25)24-13-11-17(12-14-24)15-16-5-2-1-3-6-16/h1-10,17H,11-15H2/b10-9+. The van der Waals surface area contributed by atoms with Crippen molar-refractivity contribution in [3.05, 3.63) is 76.6 Å². The maximum atomic E-state index is 13.7. The zero-order valence-electron chi connectivity index (χ0n) is 14.0. The Morgan fingerprint density at radius 3 is 2.52 bits per heavy atom. The number of likely N-dealkylation sites (tertiary alicyclic amines) is 1. The van der Waals surface area contributed by atoms with Crippen molar-refractivity contribution in [3.63, 3.8) is 0 Å². The lowest BCUT2D eigenvalue weighted by Gasteiger charge is -2.31. The third kappa shape index (κ3) is 4.70. The third-order valence-electron chi connectivity index (χ3n) is 4.69. The zero-order chi connectivity index (χ0) is 17.6. The Kier molecular flexibility index (Phi) is 5.87. The summed E-state index contributed by atoms with van der Waals surface area (Å²) in [4.78, 5) is 14.2. The maximum absolute atomic E-state index is 13.7. The fraction of sp³-hybridized carbons (Fsp3) is 0.286. The van der Waals surface area contributed by atoms with Gasteiger partial charge in [0.1, 0.15) is 5.82 Å². The molecule has 0 aromatic heterocycles. The van der Waals surface area contributed by atoms with Crippen LogP contribution in [0.5, 0.6) is 0 Å². The van der Waals surface area contributed by atoms with Gasteiger partial charge >= 0.3 is 0 Å². The van der Waals surface area contributed by atoms with E-state index in [1.54, 1.807) is 12.1 Å². The number of benzene rings is 2. The van der Waals surface area contributed by atoms with E-state index in [9.17, 15) is 9.18 Å². The molecule has 1 aliphatic rings. The molecule has 0 unspecified atom stereocenters. The van der Waals surface area contributed by atoms with Gasteiger partial charge < -0.3 is 4.90 Å². The van der Waals surface area contributed by atoms with Crippen LogP contribution in [0.15, 0.2) is 54.6 Å². The normalized spacial score (nSPS) is 15.7. The predicted molar refractivity (Wildman–Crippen MR) is 99.9 cm³/mol. The van der Waals surface area contributed by atoms with E-state index in [0.717, 1.165) is 32.4 Å². The minimum Gasteiger partial charge on any atom is -0.339 e. The highest BCUT2D eigenvalue weighted by atomic mass is 35.5. The first-order chi connectivity index (χ1) is 12.1. The summed E-state index contributed by atoms with van der Waals surface area (Å²) in [5, 5.41) is 0.311. The molecule has 0 aliphatic carbocycles. The van der Waals surface area contributed by atoms with Gasteiger partial charge in [-0.05, 0) is 49.0 Å². The highest BCUT2D eigenvalue weighted by molar-refractivity contribution is 6.32. The van der Waals surface area contributed by atoms with Crippen LogP contribution in [0.3, 0.4) is 0 Å². The molecule has 1 fully saturated rings. The predicted octanol–water partition coefficient (Wildman–Crippen LogP) is 4.97. The molecule has 4 heteroatoms. The third-order valence-corrected chi connectivity index (χ3v) is 5.02. The van der Waals surface area contributed by atoms with Gasteiger partial charge in [-0.1, -0.05) is 48.0 Å². The van der Waals surface area contributed by atoms with E-state index in [0.29, 0.717) is 10.9 Å². The van der Waals surface area contributed by atoms with Gasteiger partial charge in [-0.25, -0.2) is 4.39 Å². The molecule has 1 heterocycles. The Bertz CT molecular complexity index is 731. The van der Waals surface area contributed by atoms with E-state index in [1.807, 2.05) is 11.0 Å². The molecule has 3 rings (SSSR count). The smallest absolute Gasteiger partial charge is 0.246 e. The van der Waals surface area contributed by atoms with Crippen LogP contribution in [0.4, 0.5) is 4.39 Å². The molecule has 2 aromatic rings. The molecule has 1 amide bonds. The fourth-order valence-corrected chi connectivity index (χ4v) is 3.46. The van der Waals surface area contributed by atoms with Crippen molar-refractivity contribution in [2.75, 3.05) is 13.1 Å². The van der Waals surface area contributed by atoms with Crippen molar-refractivity contribution >= 4 is 23.6 Å². The number of amides is 1. The van der Waals surface area contributed by atoms with Gasteiger partial charge in [-0.2, -0.15) is 0 Å². The van der Waals surface area contributed by atoms with Gasteiger partial charge in [0.25, 0.3) is 0 Å². The van der Waals surface area contributed by atoms with Gasteiger partial charge in [0.05, 0.1) is 5.02 Å². The Labute approximate surface area is 152 Å². The van der Waals surface area contributed by atoms with Gasteiger partial charge in [-0.3, -0.25) is 4.79 Å². The van der Waals surface area contributed by atoms with Crippen molar-refractivity contribution < 1.29 is 9.18 Å². The second kappa shape index (κ2) is 8.30. The Morgan fingerprint density at radius 2 is 1.84 bits per heavy atom. The molecule has 0 N–H and O–H groups in total. The van der Waals surface area contributed by atoms with Gasteiger partial charge in [0.2, 0.25) is 5.91 Å². The molecule has 2 aromatic carbocycles. The van der Waals surface area contributed by atoms with Crippen LogP contribution in [-0.4, -0.2) is 23.9 Å². The molecule has 1 saturated heterocycles. The first kappa shape index (κ1) is 17.7. The SMILES string of the molecule is O=C(/C=C/c1c(F)cccc1Cl)N1CCC(Cc2ccccc2)CC1. The largest absolute Gasteiger partial charge is 0.339 e. The van der Waals surface area contributed by atoms with Crippen LogP contribution in [-0.2, 0) is 11.2 Å². The summed E-state index contributed by atoms with van der Waals surface area (Å²) < 4.78 is 13.7. The molecule has 0 spiro atoms. The Hall–Kier alpha value is -2.13. The molecule has 0 bridgehead atoms. The first-order valence-corrected chi connectivity index (χ1v) is 8.96. The lowest BCUT2D eigenvalue weighted by atomic mass is 9.90. The summed E-state index contributed by atoms with van der Waals surface area (Å²) in [5.74, 6) is 0.104. The second-order valence-corrected chi connectivity index (χ2v) is 6.83. The van der Waals surface area contributed by atoms with E-state index in [4.69, 9.17) is 11.6 Å². The fourth-order valence-electron chi connectivity index (χ4n) is 3.23. The zero-order valence-corrected chi connectivity index (χ0v) is 14.8. The van der Waals surface area contributed by atoms with Crippen molar-refractivity contribution in [1.82, 2.24) is 4.90 Å². The summed E-state index contributed by atoms with van der Waals surface area (Å²) >= 11 is 5.98. The lowest BCUT2D eigenvalue weighted by Crippen LogP contribution is -2.37. The summed E-state index contributed by atoms with van der Waals surface area (Å²) in [6.45, 7) is 1.48. The summed E-state index contributed by atoms with van der Waals surface area (Å²) in [6.07, 6.45) is 5.94. The monoisotopic (exact) mass is 357 g/mol. The number of hydrogen-bond acceptors (Lipinski definition) is 1. The van der Waals surface area contributed by atoms with Crippen LogP contribution in [0.2, 0.25) is 5.02 Å². The van der Waals surface area contributed by atoms with Crippen molar-refractivity contribution in [2.45, 2.75) is 19.3 Å². The number of carbonyl (C=O) groups excluding carboxylic acids is 1. The number of rotatable bonds is 4. The summed E-state index contributed by atoms with van der Waals surface area (Å²) in [6, 6.07) is 15.0. The molecule has 2 nitrogen and oxygen atoms in total. The van der Waals surface area contributed by atoms with Gasteiger partial charge in [0, 0.05) is 24.7 Å². The van der Waals surface area contributed by atoms with E-state index >= 15 is 0 Å². The number of piperidine rings is 1. The molecule has 130 valence electrons. The minimum atomic E-state index is -0.418. The van der Waals surface area contributed by atoms with Crippen LogP contribution in [0, 0.1) is 11.7 Å². The molecule has 0 atom stereocenters. The van der Waals surface area contributed by atoms with Crippen molar-refractivity contribution in [3.8, 4) is 0 Å². The quantitative estimate of drug-likeness (QED) is 0.707. The van der Waals surface area contributed by atoms with Crippen LogP contribution < -0.4 is 0 Å². The highest BCUT2D eigenvalue weighted by Gasteiger charge is 2.21. The van der Waals surface area contributed by atoms with E-state index < -0.39 is 5.82 Å². The molecular weight excluding hydrogens is 337 g/mol. The van der Waals surface area contributed by atoms with Crippen LogP contribution in [0.1, 0.15) is 24.0 Å². The Balaban J connectivity index is 1.54. The van der Waals surface area contributed by atoms with E-state index in [-0.39, 0.29) is 11.5 Å². The maximum Gasteiger partial charge on any atom is 0.246 e. The number of hydrogen-bond donors (Lipinski definition) is 0. The molecule has 25 heavy (non-hydrogen) atoms. The highest BCUT2D eigenvalue weighted by Crippen LogP contribution is 2.23. The van der Waals surface area contributed by atoms with E-state index in [1.165, 1.54) is 23.8 Å². The lowest BCUT2D eigenvalue weighted by molar-refractivity contribution is -0.127. The Morgan fingerprint density at radius 1 is 1.12 bits per heavy atom. The molecule has 0 radical (unpaired) electrons. The average Bonchev–Trinajstić information content (AvgIpc) is 2.62. The molecule has 1 aliphatic heterocycles. The number of nitrogens with zero attached hydrogens (tertiary/aromatic N) is 1. The van der Waals surface area contributed by atoms with E-state index in [2.05, 4.69) is 24.3 Å². The number of carbonyl (C=O) groups is 1. The topological polar surface area (TPSA) is 20.3 Å². The average molecular weight is 358 g/mol. The molecular formula is C21H21ClFNO. The summed E-state index contributed by atoms with van der Waals surface area (Å²) in [7, 11) is 0.